The van der Waals surface area contributed by atoms with Gasteiger partial charge < -0.3 is 10.2 Å². The number of hydrogen-bond acceptors (Lipinski definition) is 6. The van der Waals surface area contributed by atoms with Gasteiger partial charge in [-0.1, -0.05) is 29.4 Å². The second-order valence-corrected chi connectivity index (χ2v) is 10.5. The van der Waals surface area contributed by atoms with Crippen molar-refractivity contribution >= 4 is 55.6 Å². The third-order valence-corrected chi connectivity index (χ3v) is 7.62. The molecule has 30 heavy (non-hydrogen) atoms. The van der Waals surface area contributed by atoms with Crippen LogP contribution in [0.2, 0.25) is 5.02 Å². The highest BCUT2D eigenvalue weighted by atomic mass is 35.5. The summed E-state index contributed by atoms with van der Waals surface area (Å²) in [6.45, 7) is 0. The highest BCUT2D eigenvalue weighted by Crippen LogP contribution is 2.36. The maximum Gasteiger partial charge on any atom is 0.234 e. The highest BCUT2D eigenvalue weighted by Gasteiger charge is 2.47. The minimum absolute atomic E-state index is 0.0301. The Labute approximate surface area is 181 Å². The Morgan fingerprint density at radius 1 is 1.23 bits per heavy atom. The van der Waals surface area contributed by atoms with Crippen molar-refractivity contribution in [3.8, 4) is 0 Å². The number of amides is 1. The molecule has 0 aromatic heterocycles. The number of fused-ring (bicyclic) bond motifs is 1. The molecule has 2 heterocycles. The lowest BCUT2D eigenvalue weighted by atomic mass is 10.1. The number of carbonyl (C=O) groups excluding carboxylic acids is 1. The van der Waals surface area contributed by atoms with Crippen molar-refractivity contribution in [1.29, 1.82) is 0 Å². The van der Waals surface area contributed by atoms with Crippen molar-refractivity contribution in [2.75, 3.05) is 27.5 Å². The molecule has 2 atom stereocenters. The Kier molecular flexibility index (Phi) is 5.73. The molecule has 0 spiro atoms. The van der Waals surface area contributed by atoms with E-state index >= 15 is 0 Å². The largest absolute Gasteiger partial charge is 0.325 e. The summed E-state index contributed by atoms with van der Waals surface area (Å²) in [6, 6.07) is 8.62. The second kappa shape index (κ2) is 8.16. The predicted molar refractivity (Wildman–Crippen MR) is 115 cm³/mol. The van der Waals surface area contributed by atoms with E-state index < -0.39 is 33.6 Å². The average molecular weight is 472 g/mol. The van der Waals surface area contributed by atoms with Gasteiger partial charge in [0.1, 0.15) is 11.6 Å². The molecule has 11 heteroatoms. The smallest absolute Gasteiger partial charge is 0.234 e. The number of rotatable bonds is 4. The normalized spacial score (nSPS) is 22.0. The number of carbonyl (C=O) groups is 1. The third-order valence-electron chi connectivity index (χ3n) is 4.72. The predicted octanol–water partition coefficient (Wildman–Crippen LogP) is 3.33. The molecule has 1 saturated heterocycles. The van der Waals surface area contributed by atoms with Gasteiger partial charge >= 0.3 is 0 Å². The van der Waals surface area contributed by atoms with Crippen LogP contribution in [-0.2, 0) is 14.6 Å². The highest BCUT2D eigenvalue weighted by molar-refractivity contribution is 8.14. The molecule has 1 amide bonds. The Hall–Kier alpha value is -2.17. The van der Waals surface area contributed by atoms with Crippen molar-refractivity contribution in [2.45, 2.75) is 12.1 Å². The molecule has 1 fully saturated rings. The summed E-state index contributed by atoms with van der Waals surface area (Å²) in [4.78, 5) is 18.2. The average Bonchev–Trinajstić information content (AvgIpc) is 3.11. The van der Waals surface area contributed by atoms with E-state index in [1.165, 1.54) is 11.0 Å². The number of halogens is 3. The van der Waals surface area contributed by atoms with Crippen LogP contribution in [0.25, 0.3) is 0 Å². The van der Waals surface area contributed by atoms with Crippen LogP contribution in [0, 0.1) is 11.6 Å². The number of nitrogens with one attached hydrogen (secondary N) is 1. The molecule has 4 rings (SSSR count). The van der Waals surface area contributed by atoms with Crippen molar-refractivity contribution in [2.24, 2.45) is 4.99 Å². The number of nitrogens with zero attached hydrogens (tertiary/aromatic N) is 2. The zero-order valence-corrected chi connectivity index (χ0v) is 17.8. The van der Waals surface area contributed by atoms with Gasteiger partial charge in [0.2, 0.25) is 5.91 Å². The molecule has 0 radical (unpaired) electrons. The topological polar surface area (TPSA) is 78.8 Å². The van der Waals surface area contributed by atoms with Crippen molar-refractivity contribution < 1.29 is 22.0 Å². The van der Waals surface area contributed by atoms with E-state index in [2.05, 4.69) is 10.3 Å². The molecular weight excluding hydrogens is 456 g/mol. The van der Waals surface area contributed by atoms with Gasteiger partial charge in [-0.3, -0.25) is 9.79 Å². The molecule has 2 aliphatic heterocycles. The van der Waals surface area contributed by atoms with E-state index in [1.807, 2.05) is 0 Å². The summed E-state index contributed by atoms with van der Waals surface area (Å²) in [5.41, 5.74) is 0.563. The first-order valence-corrected chi connectivity index (χ1v) is 12.1. The quantitative estimate of drug-likeness (QED) is 0.740. The zero-order chi connectivity index (χ0) is 21.5. The van der Waals surface area contributed by atoms with Gasteiger partial charge in [-0.25, -0.2) is 17.2 Å². The summed E-state index contributed by atoms with van der Waals surface area (Å²) >= 11 is 6.97. The molecule has 0 aliphatic carbocycles. The van der Waals surface area contributed by atoms with E-state index in [0.29, 0.717) is 15.9 Å². The fraction of sp³-hybridized carbons (Fsp3) is 0.263. The first-order valence-electron chi connectivity index (χ1n) is 8.92. The second-order valence-electron chi connectivity index (χ2n) is 6.94. The molecule has 2 aromatic carbocycles. The number of anilines is 2. The molecule has 2 aromatic rings. The van der Waals surface area contributed by atoms with Crippen LogP contribution < -0.4 is 10.2 Å². The van der Waals surface area contributed by atoms with E-state index in [4.69, 9.17) is 11.6 Å². The number of amidine groups is 1. The Morgan fingerprint density at radius 2 is 2.03 bits per heavy atom. The van der Waals surface area contributed by atoms with Crippen molar-refractivity contribution in [3.63, 3.8) is 0 Å². The molecule has 0 saturated carbocycles. The lowest BCUT2D eigenvalue weighted by Gasteiger charge is -2.26. The lowest BCUT2D eigenvalue weighted by Crippen LogP contribution is -2.40. The minimum atomic E-state index is -3.31. The fourth-order valence-electron chi connectivity index (χ4n) is 3.48. The van der Waals surface area contributed by atoms with Gasteiger partial charge in [0, 0.05) is 16.8 Å². The van der Waals surface area contributed by atoms with Gasteiger partial charge in [0.25, 0.3) is 0 Å². The van der Waals surface area contributed by atoms with Crippen LogP contribution >= 0.6 is 23.4 Å². The molecule has 6 nitrogen and oxygen atoms in total. The fourth-order valence-corrected chi connectivity index (χ4v) is 6.43. The first kappa shape index (κ1) is 21.1. The number of hydrogen-bond donors (Lipinski definition) is 1. The van der Waals surface area contributed by atoms with Gasteiger partial charge in [-0.15, -0.1) is 0 Å². The van der Waals surface area contributed by atoms with Crippen LogP contribution in [-0.4, -0.2) is 48.8 Å². The summed E-state index contributed by atoms with van der Waals surface area (Å²) < 4.78 is 51.9. The number of aliphatic imine (C=N–C) groups is 1. The number of thioether (sulfide) groups is 1. The lowest BCUT2D eigenvalue weighted by molar-refractivity contribution is -0.113. The van der Waals surface area contributed by atoms with E-state index in [0.717, 1.165) is 23.9 Å². The van der Waals surface area contributed by atoms with Crippen LogP contribution in [0.3, 0.4) is 0 Å². The first-order chi connectivity index (χ1) is 14.2. The van der Waals surface area contributed by atoms with Crippen molar-refractivity contribution in [1.82, 2.24) is 0 Å². The van der Waals surface area contributed by atoms with Gasteiger partial charge in [0.15, 0.2) is 15.0 Å². The van der Waals surface area contributed by atoms with Crippen molar-refractivity contribution in [3.05, 3.63) is 59.1 Å². The van der Waals surface area contributed by atoms with Gasteiger partial charge in [-0.2, -0.15) is 0 Å². The molecule has 158 valence electrons. The van der Waals surface area contributed by atoms with E-state index in [-0.39, 0.29) is 28.9 Å². The Morgan fingerprint density at radius 3 is 2.77 bits per heavy atom. The third kappa shape index (κ3) is 4.45. The van der Waals surface area contributed by atoms with Gasteiger partial charge in [0.05, 0.1) is 35.0 Å². The summed E-state index contributed by atoms with van der Waals surface area (Å²) in [7, 11) is -3.31. The van der Waals surface area contributed by atoms with Crippen LogP contribution in [0.1, 0.15) is 0 Å². The monoisotopic (exact) mass is 471 g/mol. The summed E-state index contributed by atoms with van der Waals surface area (Å²) in [5.74, 6) is -2.24. The minimum Gasteiger partial charge on any atom is -0.325 e. The molecule has 1 N–H and O–H groups in total. The summed E-state index contributed by atoms with van der Waals surface area (Å²) in [5, 5.41) is 3.51. The van der Waals surface area contributed by atoms with E-state index in [1.54, 1.807) is 24.3 Å². The van der Waals surface area contributed by atoms with Crippen LogP contribution in [0.15, 0.2) is 47.5 Å². The number of sulfone groups is 1. The van der Waals surface area contributed by atoms with Crippen LogP contribution in [0.5, 0.6) is 0 Å². The maximum absolute atomic E-state index is 14.5. The number of benzene rings is 2. The zero-order valence-electron chi connectivity index (χ0n) is 15.4. The maximum atomic E-state index is 14.5. The summed E-state index contributed by atoms with van der Waals surface area (Å²) in [6.07, 6.45) is 0. The van der Waals surface area contributed by atoms with E-state index in [9.17, 15) is 22.0 Å². The Balaban J connectivity index is 1.53. The SMILES string of the molecule is O=C(CSC1=N[C@@H]2CS(=O)(=O)C[C@H]2N1c1ccc(F)cc1F)Nc1cccc(Cl)c1. The molecular formula is C19H16ClF2N3O3S2. The molecule has 2 aliphatic rings. The standard InChI is InChI=1S/C19H16ClF2N3O3S2/c20-11-2-1-3-13(6-11)23-18(26)8-29-19-24-15-9-30(27,28)10-17(15)25(19)16-5-4-12(21)7-14(16)22/h1-7,15,17H,8-10H2,(H,23,26)/t15-,17-/m1/s1. The molecule has 0 unspecified atom stereocenters. The van der Waals surface area contributed by atoms with Crippen LogP contribution in [0.4, 0.5) is 20.2 Å². The Bertz CT molecular complexity index is 1140. The molecule has 0 bridgehead atoms. The van der Waals surface area contributed by atoms with Gasteiger partial charge in [-0.05, 0) is 30.3 Å².